The van der Waals surface area contributed by atoms with Crippen molar-refractivity contribution in [2.45, 2.75) is 38.3 Å². The third-order valence-corrected chi connectivity index (χ3v) is 7.21. The molecule has 5 rings (SSSR count). The second-order valence-corrected chi connectivity index (χ2v) is 9.34. The molecule has 1 aliphatic carbocycles. The molecule has 1 amide bonds. The average Bonchev–Trinajstić information content (AvgIpc) is 3.25. The first-order valence-corrected chi connectivity index (χ1v) is 11.7. The SMILES string of the molecule is COc1ccc2nc(C(=O)C3CCC(NCc4ccc5c(c4)NC(=O)CO5)CC3)sc2c1. The predicted molar refractivity (Wildman–Crippen MR) is 124 cm³/mol. The van der Waals surface area contributed by atoms with Gasteiger partial charge < -0.3 is 20.1 Å². The van der Waals surface area contributed by atoms with Gasteiger partial charge in [-0.05, 0) is 61.6 Å². The average molecular weight is 452 g/mol. The molecule has 7 nitrogen and oxygen atoms in total. The molecular formula is C24H25N3O4S. The van der Waals surface area contributed by atoms with Gasteiger partial charge >= 0.3 is 0 Å². The maximum Gasteiger partial charge on any atom is 0.262 e. The maximum absolute atomic E-state index is 13.0. The summed E-state index contributed by atoms with van der Waals surface area (Å²) in [6, 6.07) is 12.0. The smallest absolute Gasteiger partial charge is 0.262 e. The number of hydrogen-bond donors (Lipinski definition) is 2. The number of thiazole rings is 1. The third-order valence-electron chi connectivity index (χ3n) is 6.18. The van der Waals surface area contributed by atoms with Crippen LogP contribution in [0.2, 0.25) is 0 Å². The molecule has 166 valence electrons. The summed E-state index contributed by atoms with van der Waals surface area (Å²) >= 11 is 1.45. The van der Waals surface area contributed by atoms with Crippen LogP contribution in [0, 0.1) is 5.92 Å². The minimum Gasteiger partial charge on any atom is -0.497 e. The summed E-state index contributed by atoms with van der Waals surface area (Å²) in [4.78, 5) is 29.1. The Morgan fingerprint density at radius 2 is 2.06 bits per heavy atom. The van der Waals surface area contributed by atoms with Crippen molar-refractivity contribution in [2.24, 2.45) is 5.92 Å². The Kier molecular flexibility index (Phi) is 5.80. The normalized spacial score (nSPS) is 20.3. The third kappa shape index (κ3) is 4.33. The molecule has 0 atom stereocenters. The molecule has 0 unspecified atom stereocenters. The zero-order valence-corrected chi connectivity index (χ0v) is 18.7. The first-order chi connectivity index (χ1) is 15.6. The number of ether oxygens (including phenoxy) is 2. The van der Waals surface area contributed by atoms with E-state index in [-0.39, 0.29) is 24.2 Å². The number of anilines is 1. The van der Waals surface area contributed by atoms with E-state index < -0.39 is 0 Å². The Hall–Kier alpha value is -2.97. The fourth-order valence-electron chi connectivity index (χ4n) is 4.37. The van der Waals surface area contributed by atoms with Crippen LogP contribution in [0.5, 0.6) is 11.5 Å². The first kappa shape index (κ1) is 20.9. The summed E-state index contributed by atoms with van der Waals surface area (Å²) in [5.41, 5.74) is 2.67. The van der Waals surface area contributed by atoms with Crippen molar-refractivity contribution in [3.8, 4) is 11.5 Å². The van der Waals surface area contributed by atoms with Crippen molar-refractivity contribution >= 4 is 38.9 Å². The fraction of sp³-hybridized carbons (Fsp3) is 0.375. The molecule has 1 aromatic heterocycles. The Bertz CT molecular complexity index is 1170. The Balaban J connectivity index is 1.15. The molecule has 32 heavy (non-hydrogen) atoms. The number of fused-ring (bicyclic) bond motifs is 2. The summed E-state index contributed by atoms with van der Waals surface area (Å²) in [5.74, 6) is 1.56. The summed E-state index contributed by atoms with van der Waals surface area (Å²) in [7, 11) is 1.64. The topological polar surface area (TPSA) is 89.5 Å². The van der Waals surface area contributed by atoms with Gasteiger partial charge in [0.2, 0.25) is 0 Å². The van der Waals surface area contributed by atoms with Crippen molar-refractivity contribution in [1.82, 2.24) is 10.3 Å². The van der Waals surface area contributed by atoms with Gasteiger partial charge in [-0.3, -0.25) is 9.59 Å². The summed E-state index contributed by atoms with van der Waals surface area (Å²) < 4.78 is 11.7. The molecule has 0 bridgehead atoms. The molecule has 0 saturated heterocycles. The lowest BCUT2D eigenvalue weighted by Gasteiger charge is -2.28. The standard InChI is InChI=1S/C24H25N3O4S/c1-30-17-7-8-18-21(11-17)32-24(27-18)23(29)15-3-5-16(6-4-15)25-12-14-2-9-20-19(10-14)26-22(28)13-31-20/h2,7-11,15-16,25H,3-6,12-13H2,1H3,(H,26,28). The van der Waals surface area contributed by atoms with Crippen LogP contribution in [-0.4, -0.2) is 36.4 Å². The molecule has 1 aliphatic heterocycles. The van der Waals surface area contributed by atoms with Gasteiger partial charge in [0, 0.05) is 18.5 Å². The highest BCUT2D eigenvalue weighted by Gasteiger charge is 2.29. The van der Waals surface area contributed by atoms with Crippen LogP contribution < -0.4 is 20.1 Å². The van der Waals surface area contributed by atoms with Crippen LogP contribution in [0.25, 0.3) is 10.2 Å². The molecule has 2 aliphatic rings. The number of carbonyl (C=O) groups is 2. The van der Waals surface area contributed by atoms with E-state index >= 15 is 0 Å². The zero-order chi connectivity index (χ0) is 22.1. The number of aromatic nitrogens is 1. The molecule has 2 aromatic carbocycles. The monoisotopic (exact) mass is 451 g/mol. The van der Waals surface area contributed by atoms with E-state index in [1.54, 1.807) is 7.11 Å². The lowest BCUT2D eigenvalue weighted by Crippen LogP contribution is -2.34. The van der Waals surface area contributed by atoms with E-state index in [4.69, 9.17) is 9.47 Å². The van der Waals surface area contributed by atoms with Crippen molar-refractivity contribution in [3.63, 3.8) is 0 Å². The predicted octanol–water partition coefficient (Wildman–Crippen LogP) is 4.17. The van der Waals surface area contributed by atoms with Gasteiger partial charge in [0.25, 0.3) is 5.91 Å². The molecule has 2 N–H and O–H groups in total. The fourth-order valence-corrected chi connectivity index (χ4v) is 5.39. The van der Waals surface area contributed by atoms with Gasteiger partial charge in [-0.15, -0.1) is 11.3 Å². The van der Waals surface area contributed by atoms with Crippen molar-refractivity contribution in [3.05, 3.63) is 47.0 Å². The number of hydrogen-bond acceptors (Lipinski definition) is 7. The number of benzene rings is 2. The van der Waals surface area contributed by atoms with Crippen LogP contribution in [0.15, 0.2) is 36.4 Å². The highest BCUT2D eigenvalue weighted by molar-refractivity contribution is 7.20. The summed E-state index contributed by atoms with van der Waals surface area (Å²) in [6.45, 7) is 0.782. The maximum atomic E-state index is 13.0. The van der Waals surface area contributed by atoms with E-state index in [0.29, 0.717) is 23.3 Å². The van der Waals surface area contributed by atoms with Crippen molar-refractivity contribution < 1.29 is 19.1 Å². The number of nitrogens with zero attached hydrogens (tertiary/aromatic N) is 1. The van der Waals surface area contributed by atoms with E-state index in [1.165, 1.54) is 11.3 Å². The Morgan fingerprint density at radius 1 is 1.22 bits per heavy atom. The van der Waals surface area contributed by atoms with Gasteiger partial charge in [-0.2, -0.15) is 0 Å². The van der Waals surface area contributed by atoms with Crippen LogP contribution in [0.1, 0.15) is 41.0 Å². The van der Waals surface area contributed by atoms with Crippen LogP contribution in [-0.2, 0) is 11.3 Å². The Morgan fingerprint density at radius 3 is 2.88 bits per heavy atom. The second-order valence-electron chi connectivity index (χ2n) is 8.31. The largest absolute Gasteiger partial charge is 0.497 e. The number of amides is 1. The molecule has 2 heterocycles. The molecule has 0 radical (unpaired) electrons. The minimum absolute atomic E-state index is 0.0339. The highest BCUT2D eigenvalue weighted by Crippen LogP contribution is 2.33. The number of carbonyl (C=O) groups excluding carboxylic acids is 2. The van der Waals surface area contributed by atoms with Gasteiger partial charge in [0.15, 0.2) is 17.4 Å². The van der Waals surface area contributed by atoms with Crippen molar-refractivity contribution in [2.75, 3.05) is 19.0 Å². The van der Waals surface area contributed by atoms with E-state index in [0.717, 1.165) is 52.9 Å². The molecule has 0 spiro atoms. The lowest BCUT2D eigenvalue weighted by atomic mass is 9.83. The van der Waals surface area contributed by atoms with Gasteiger partial charge in [0.05, 0.1) is 23.0 Å². The van der Waals surface area contributed by atoms with Crippen LogP contribution in [0.4, 0.5) is 5.69 Å². The first-order valence-electron chi connectivity index (χ1n) is 10.9. The lowest BCUT2D eigenvalue weighted by molar-refractivity contribution is -0.118. The number of nitrogens with one attached hydrogen (secondary N) is 2. The van der Waals surface area contributed by atoms with Gasteiger partial charge in [-0.1, -0.05) is 6.07 Å². The van der Waals surface area contributed by atoms with Gasteiger partial charge in [-0.25, -0.2) is 4.98 Å². The van der Waals surface area contributed by atoms with E-state index in [1.807, 2.05) is 36.4 Å². The summed E-state index contributed by atoms with van der Waals surface area (Å²) in [5, 5.41) is 7.04. The molecule has 8 heteroatoms. The molecule has 1 fully saturated rings. The quantitative estimate of drug-likeness (QED) is 0.547. The summed E-state index contributed by atoms with van der Waals surface area (Å²) in [6.07, 6.45) is 3.65. The second kappa shape index (κ2) is 8.88. The van der Waals surface area contributed by atoms with Crippen LogP contribution in [0.3, 0.4) is 0 Å². The minimum atomic E-state index is -0.127. The van der Waals surface area contributed by atoms with Gasteiger partial charge in [0.1, 0.15) is 11.5 Å². The Labute approximate surface area is 190 Å². The van der Waals surface area contributed by atoms with E-state index in [2.05, 4.69) is 15.6 Å². The van der Waals surface area contributed by atoms with E-state index in [9.17, 15) is 9.59 Å². The number of ketones is 1. The highest BCUT2D eigenvalue weighted by atomic mass is 32.1. The number of methoxy groups -OCH3 is 1. The number of rotatable bonds is 6. The van der Waals surface area contributed by atoms with Crippen molar-refractivity contribution in [1.29, 1.82) is 0 Å². The molecule has 1 saturated carbocycles. The molecule has 3 aromatic rings. The molecular weight excluding hydrogens is 426 g/mol. The zero-order valence-electron chi connectivity index (χ0n) is 17.8. The number of Topliss-reactive ketones (excluding diaryl/α,β-unsaturated/α-hetero) is 1. The van der Waals surface area contributed by atoms with Crippen LogP contribution >= 0.6 is 11.3 Å².